The van der Waals surface area contributed by atoms with Crippen LogP contribution >= 0.6 is 11.3 Å². The summed E-state index contributed by atoms with van der Waals surface area (Å²) in [7, 11) is 3.23. The van der Waals surface area contributed by atoms with Crippen LogP contribution in [0.2, 0.25) is 0 Å². The van der Waals surface area contributed by atoms with E-state index in [2.05, 4.69) is 10.3 Å². The summed E-state index contributed by atoms with van der Waals surface area (Å²) in [5.74, 6) is -1.32. The zero-order valence-corrected chi connectivity index (χ0v) is 28.7. The number of hydrogen-bond acceptors (Lipinski definition) is 8. The summed E-state index contributed by atoms with van der Waals surface area (Å²) in [4.78, 5) is 47.4. The molecule has 0 aromatic carbocycles. The van der Waals surface area contributed by atoms with Crippen LogP contribution < -0.4 is 5.32 Å². The Hall–Kier alpha value is -2.08. The molecular formula is C34H58N4O6S. The summed E-state index contributed by atoms with van der Waals surface area (Å²) < 4.78 is 0. The van der Waals surface area contributed by atoms with Crippen molar-refractivity contribution in [3.8, 4) is 0 Å². The minimum atomic E-state index is -1.19. The number of hydrogen-bond donors (Lipinski definition) is 4. The maximum absolute atomic E-state index is 14.7. The average Bonchev–Trinajstić information content (AvgIpc) is 3.54. The van der Waals surface area contributed by atoms with Gasteiger partial charge in [-0.2, -0.15) is 0 Å². The van der Waals surface area contributed by atoms with E-state index in [1.165, 1.54) is 22.7 Å². The lowest BCUT2D eigenvalue weighted by molar-refractivity contribution is -0.149. The molecule has 1 heterocycles. The molecule has 2 aliphatic carbocycles. The molecule has 0 bridgehead atoms. The molecule has 3 rings (SSSR count). The zero-order chi connectivity index (χ0) is 32.9. The smallest absolute Gasteiger partial charge is 0.241 e. The van der Waals surface area contributed by atoms with Crippen molar-refractivity contribution in [2.45, 2.75) is 128 Å². The Balaban J connectivity index is 1.96. The first-order valence-corrected chi connectivity index (χ1v) is 18.1. The largest absolute Gasteiger partial charge is 0.391 e. The summed E-state index contributed by atoms with van der Waals surface area (Å²) in [5.41, 5.74) is 2.38. The summed E-state index contributed by atoms with van der Waals surface area (Å²) in [5, 5.41) is 39.0. The molecule has 2 fully saturated rings. The van der Waals surface area contributed by atoms with E-state index in [-0.39, 0.29) is 49.6 Å². The van der Waals surface area contributed by atoms with E-state index in [1.807, 2.05) is 19.2 Å². The van der Waals surface area contributed by atoms with Crippen LogP contribution in [0.3, 0.4) is 0 Å². The molecule has 0 unspecified atom stereocenters. The van der Waals surface area contributed by atoms with Gasteiger partial charge in [-0.05, 0) is 43.4 Å². The number of amides is 3. The number of aromatic nitrogens is 1. The van der Waals surface area contributed by atoms with E-state index in [1.54, 1.807) is 24.5 Å². The molecule has 0 aliphatic heterocycles. The fraction of sp³-hybridized carbons (Fsp3) is 0.824. The normalized spacial score (nSPS) is 19.8. The number of nitrogens with zero attached hydrogens (tertiary/aromatic N) is 3. The molecule has 10 nitrogen and oxygen atoms in total. The van der Waals surface area contributed by atoms with Crippen LogP contribution in [0, 0.1) is 23.7 Å². The molecule has 1 aromatic heterocycles. The van der Waals surface area contributed by atoms with Gasteiger partial charge in [-0.3, -0.25) is 14.4 Å². The topological polar surface area (TPSA) is 143 Å². The second-order valence-electron chi connectivity index (χ2n) is 14.1. The number of aliphatic hydroxyl groups is 3. The van der Waals surface area contributed by atoms with E-state index < -0.39 is 36.2 Å². The maximum atomic E-state index is 14.7. The second-order valence-corrected chi connectivity index (χ2v) is 14.8. The highest BCUT2D eigenvalue weighted by atomic mass is 32.1. The van der Waals surface area contributed by atoms with E-state index in [4.69, 9.17) is 0 Å². The molecular weight excluding hydrogens is 592 g/mol. The van der Waals surface area contributed by atoms with Crippen LogP contribution in [-0.4, -0.2) is 99.4 Å². The van der Waals surface area contributed by atoms with Gasteiger partial charge in [-0.25, -0.2) is 4.98 Å². The highest BCUT2D eigenvalue weighted by Gasteiger charge is 2.40. The molecule has 3 amide bonds. The van der Waals surface area contributed by atoms with Crippen molar-refractivity contribution >= 4 is 29.1 Å². The fourth-order valence-electron chi connectivity index (χ4n) is 7.05. The lowest BCUT2D eigenvalue weighted by Gasteiger charge is -2.42. The van der Waals surface area contributed by atoms with Crippen molar-refractivity contribution in [2.75, 3.05) is 27.2 Å². The van der Waals surface area contributed by atoms with E-state index >= 15 is 0 Å². The summed E-state index contributed by atoms with van der Waals surface area (Å²) in [6, 6.07) is -0.705. The van der Waals surface area contributed by atoms with Crippen LogP contribution in [0.25, 0.3) is 0 Å². The number of carbonyl (C=O) groups excluding carboxylic acids is 3. The van der Waals surface area contributed by atoms with E-state index in [0.29, 0.717) is 24.5 Å². The molecule has 2 saturated carbocycles. The summed E-state index contributed by atoms with van der Waals surface area (Å²) in [6.07, 6.45) is 8.34. The number of carbonyl (C=O) groups is 3. The second kappa shape index (κ2) is 18.9. The standard InChI is InChI=1S/C34H58N4O6S/c1-23(2)15-29(39)33(43)28(16-24-11-7-5-8-12-24)38(20-30(40)25-13-9-6-10-14-25)34(44)26(17-27-21-45-22-36-27)18-31(41)35-19-32(42)37(3)4/h21-26,28-30,33,39-40,43H,5-20H2,1-4H3,(H,35,41)/t26-,28+,29+,30+,33-/m1/s1. The maximum Gasteiger partial charge on any atom is 0.241 e. The van der Waals surface area contributed by atoms with Crippen molar-refractivity contribution in [2.24, 2.45) is 23.7 Å². The van der Waals surface area contributed by atoms with Crippen molar-refractivity contribution in [3.05, 3.63) is 16.6 Å². The first kappa shape index (κ1) is 37.4. The number of aliphatic hydroxyl groups excluding tert-OH is 3. The summed E-state index contributed by atoms with van der Waals surface area (Å²) >= 11 is 1.41. The minimum Gasteiger partial charge on any atom is -0.391 e. The molecule has 45 heavy (non-hydrogen) atoms. The Labute approximate surface area is 274 Å². The van der Waals surface area contributed by atoms with Crippen molar-refractivity contribution in [3.63, 3.8) is 0 Å². The molecule has 0 spiro atoms. The van der Waals surface area contributed by atoms with Gasteiger partial charge in [-0.15, -0.1) is 11.3 Å². The molecule has 1 aromatic rings. The van der Waals surface area contributed by atoms with Crippen LogP contribution in [0.5, 0.6) is 0 Å². The Kier molecular flexibility index (Phi) is 15.7. The van der Waals surface area contributed by atoms with Crippen molar-refractivity contribution in [1.82, 2.24) is 20.1 Å². The first-order chi connectivity index (χ1) is 21.5. The monoisotopic (exact) mass is 650 g/mol. The van der Waals surface area contributed by atoms with E-state index in [9.17, 15) is 29.7 Å². The lowest BCUT2D eigenvalue weighted by atomic mass is 9.80. The first-order valence-electron chi connectivity index (χ1n) is 17.1. The van der Waals surface area contributed by atoms with Crippen LogP contribution in [0.4, 0.5) is 0 Å². The Morgan fingerprint density at radius 3 is 2.22 bits per heavy atom. The molecule has 256 valence electrons. The molecule has 4 N–H and O–H groups in total. The van der Waals surface area contributed by atoms with Gasteiger partial charge in [0.25, 0.3) is 0 Å². The number of thiazole rings is 1. The third-order valence-corrected chi connectivity index (χ3v) is 10.4. The number of likely N-dealkylation sites (N-methyl/N-ethyl adjacent to an activating group) is 1. The molecule has 5 atom stereocenters. The van der Waals surface area contributed by atoms with Gasteiger partial charge in [0.2, 0.25) is 17.7 Å². The number of nitrogens with one attached hydrogen (secondary N) is 1. The van der Waals surface area contributed by atoms with Gasteiger partial charge in [-0.1, -0.05) is 65.2 Å². The van der Waals surface area contributed by atoms with E-state index in [0.717, 1.165) is 57.8 Å². The van der Waals surface area contributed by atoms with Gasteiger partial charge in [0.15, 0.2) is 0 Å². The van der Waals surface area contributed by atoms with Crippen LogP contribution in [0.15, 0.2) is 10.9 Å². The molecule has 0 saturated heterocycles. The Morgan fingerprint density at radius 2 is 1.64 bits per heavy atom. The number of rotatable bonds is 17. The van der Waals surface area contributed by atoms with Gasteiger partial charge in [0.05, 0.1) is 41.9 Å². The Bertz CT molecular complexity index is 1030. The van der Waals surface area contributed by atoms with Gasteiger partial charge in [0, 0.05) is 38.9 Å². The highest BCUT2D eigenvalue weighted by Crippen LogP contribution is 2.33. The quantitative estimate of drug-likeness (QED) is 0.201. The summed E-state index contributed by atoms with van der Waals surface area (Å²) in [6.45, 7) is 3.86. The van der Waals surface area contributed by atoms with Crippen LogP contribution in [0.1, 0.15) is 103 Å². The average molecular weight is 651 g/mol. The predicted octanol–water partition coefficient (Wildman–Crippen LogP) is 3.77. The Morgan fingerprint density at radius 1 is 1.00 bits per heavy atom. The third-order valence-electron chi connectivity index (χ3n) is 9.72. The predicted molar refractivity (Wildman–Crippen MR) is 176 cm³/mol. The van der Waals surface area contributed by atoms with Gasteiger partial charge < -0.3 is 30.4 Å². The molecule has 2 aliphatic rings. The van der Waals surface area contributed by atoms with Gasteiger partial charge >= 0.3 is 0 Å². The third kappa shape index (κ3) is 12.2. The minimum absolute atomic E-state index is 0.0423. The SMILES string of the molecule is CC(C)C[C@H](O)[C@H](O)[C@H](CC1CCCCC1)N(C[C@H](O)C1CCCCC1)C(=O)[C@@H](CC(=O)NCC(=O)N(C)C)Cc1cscn1. The van der Waals surface area contributed by atoms with Gasteiger partial charge in [0.1, 0.15) is 6.10 Å². The van der Waals surface area contributed by atoms with Crippen molar-refractivity contribution in [1.29, 1.82) is 0 Å². The lowest BCUT2D eigenvalue weighted by Crippen LogP contribution is -2.56. The fourth-order valence-corrected chi connectivity index (χ4v) is 7.62. The molecule has 0 radical (unpaired) electrons. The highest BCUT2D eigenvalue weighted by molar-refractivity contribution is 7.07. The molecule has 11 heteroatoms. The van der Waals surface area contributed by atoms with Crippen LogP contribution in [-0.2, 0) is 20.8 Å². The van der Waals surface area contributed by atoms with Crippen molar-refractivity contribution < 1.29 is 29.7 Å². The zero-order valence-electron chi connectivity index (χ0n) is 27.9.